The highest BCUT2D eigenvalue weighted by Gasteiger charge is 2.40. The standard InChI is InChI=1S/C34H46N2O9/c1-24(34(41)44-22-26-13-9-10-14-27(26)23-45-36(42)43)35-33(40)16-8-3-2-7-15-29-30(32(39)21-31(29)38)20-19-28(37)18-17-25-11-5-4-6-12-25/h2,4-7,9-14,24,28-32,37-39H,3,8,15-23H2,1H3,(H,35,40)/b7-2-/t24?,28-,29+,30+,31-,32+/m0/s1. The third kappa shape index (κ3) is 12.6. The van der Waals surface area contributed by atoms with Crippen molar-refractivity contribution in [2.24, 2.45) is 11.8 Å². The van der Waals surface area contributed by atoms with Crippen molar-refractivity contribution < 1.29 is 39.6 Å². The molecule has 6 atom stereocenters. The van der Waals surface area contributed by atoms with Crippen LogP contribution in [0.4, 0.5) is 0 Å². The van der Waals surface area contributed by atoms with Crippen molar-refractivity contribution in [1.29, 1.82) is 0 Å². The SMILES string of the molecule is CC(NC(=O)CCC/C=C\C[C@@H]1[C@@H](CC[C@@H](O)CCc2ccccc2)[C@H](O)C[C@@H]1O)C(=O)OCc1ccccc1CO[N+](=O)[O-]. The quantitative estimate of drug-likeness (QED) is 0.0587. The van der Waals surface area contributed by atoms with E-state index in [-0.39, 0.29) is 37.4 Å². The summed E-state index contributed by atoms with van der Waals surface area (Å²) in [6.45, 7) is 1.16. The van der Waals surface area contributed by atoms with E-state index in [1.165, 1.54) is 12.5 Å². The van der Waals surface area contributed by atoms with E-state index in [1.807, 2.05) is 42.5 Å². The Hall–Kier alpha value is -3.80. The van der Waals surface area contributed by atoms with E-state index in [9.17, 15) is 35.0 Å². The molecule has 2 aromatic rings. The smallest absolute Gasteiger partial charge is 0.328 e. The van der Waals surface area contributed by atoms with Gasteiger partial charge in [-0.15, -0.1) is 10.1 Å². The van der Waals surface area contributed by atoms with Crippen molar-refractivity contribution >= 4 is 11.9 Å². The van der Waals surface area contributed by atoms with Gasteiger partial charge in [0.1, 0.15) is 19.3 Å². The molecule has 0 heterocycles. The molecule has 1 saturated carbocycles. The summed E-state index contributed by atoms with van der Waals surface area (Å²) in [6.07, 6.45) is 7.38. The summed E-state index contributed by atoms with van der Waals surface area (Å²) in [4.78, 5) is 39.6. The molecule has 4 N–H and O–H groups in total. The maximum Gasteiger partial charge on any atom is 0.328 e. The van der Waals surface area contributed by atoms with Crippen molar-refractivity contribution in [3.8, 4) is 0 Å². The second-order valence-corrected chi connectivity index (χ2v) is 11.7. The first-order chi connectivity index (χ1) is 21.6. The van der Waals surface area contributed by atoms with Crippen molar-refractivity contribution in [1.82, 2.24) is 5.32 Å². The Labute approximate surface area is 264 Å². The number of nitrogens with one attached hydrogen (secondary N) is 1. The van der Waals surface area contributed by atoms with Crippen LogP contribution in [-0.4, -0.2) is 56.6 Å². The van der Waals surface area contributed by atoms with Crippen molar-refractivity contribution in [3.63, 3.8) is 0 Å². The lowest BCUT2D eigenvalue weighted by atomic mass is 9.85. The van der Waals surface area contributed by atoms with Crippen LogP contribution >= 0.6 is 0 Å². The molecule has 3 rings (SSSR count). The highest BCUT2D eigenvalue weighted by atomic mass is 16.9. The van der Waals surface area contributed by atoms with Gasteiger partial charge in [-0.3, -0.25) is 4.79 Å². The minimum absolute atomic E-state index is 0.0779. The summed E-state index contributed by atoms with van der Waals surface area (Å²) in [5, 5.41) is 43.8. The maximum absolute atomic E-state index is 12.4. The molecule has 1 fully saturated rings. The van der Waals surface area contributed by atoms with E-state index in [4.69, 9.17) is 4.74 Å². The second kappa shape index (κ2) is 18.9. The Kier molecular flexibility index (Phi) is 15.0. The fourth-order valence-electron chi connectivity index (χ4n) is 5.77. The van der Waals surface area contributed by atoms with Gasteiger partial charge in [0.25, 0.3) is 5.09 Å². The second-order valence-electron chi connectivity index (χ2n) is 11.7. The molecule has 45 heavy (non-hydrogen) atoms. The number of hydrogen-bond acceptors (Lipinski definition) is 9. The number of carbonyl (C=O) groups excluding carboxylic acids is 2. The minimum atomic E-state index is -0.888. The lowest BCUT2D eigenvalue weighted by Gasteiger charge is -2.23. The molecule has 246 valence electrons. The average Bonchev–Trinajstić information content (AvgIpc) is 3.30. The molecule has 1 unspecified atom stereocenters. The van der Waals surface area contributed by atoms with Crippen molar-refractivity contribution in [3.05, 3.63) is 93.6 Å². The fraction of sp³-hybridized carbons (Fsp3) is 0.529. The van der Waals surface area contributed by atoms with E-state index in [1.54, 1.807) is 24.3 Å². The third-order valence-corrected chi connectivity index (χ3v) is 8.36. The molecule has 1 amide bonds. The number of allylic oxidation sites excluding steroid dienone is 2. The van der Waals surface area contributed by atoms with E-state index >= 15 is 0 Å². The summed E-state index contributed by atoms with van der Waals surface area (Å²) in [6, 6.07) is 15.9. The molecule has 0 saturated heterocycles. The van der Waals surface area contributed by atoms with Crippen LogP contribution in [0, 0.1) is 22.0 Å². The topological polar surface area (TPSA) is 168 Å². The molecule has 2 aromatic carbocycles. The van der Waals surface area contributed by atoms with Gasteiger partial charge >= 0.3 is 5.97 Å². The first-order valence-corrected chi connectivity index (χ1v) is 15.7. The predicted octanol–water partition coefficient (Wildman–Crippen LogP) is 4.19. The van der Waals surface area contributed by atoms with E-state index < -0.39 is 35.4 Å². The van der Waals surface area contributed by atoms with Gasteiger partial charge in [-0.1, -0.05) is 66.7 Å². The number of carbonyl (C=O) groups is 2. The number of hydrogen-bond donors (Lipinski definition) is 4. The van der Waals surface area contributed by atoms with Gasteiger partial charge < -0.3 is 30.2 Å². The summed E-state index contributed by atoms with van der Waals surface area (Å²) < 4.78 is 5.29. The predicted molar refractivity (Wildman–Crippen MR) is 167 cm³/mol. The lowest BCUT2D eigenvalue weighted by Crippen LogP contribution is -2.39. The molecule has 11 heteroatoms. The average molecular weight is 627 g/mol. The Morgan fingerprint density at radius 2 is 1.67 bits per heavy atom. The Morgan fingerprint density at radius 1 is 1.00 bits per heavy atom. The summed E-state index contributed by atoms with van der Waals surface area (Å²) in [7, 11) is 0. The van der Waals surface area contributed by atoms with Crippen LogP contribution in [-0.2, 0) is 38.8 Å². The van der Waals surface area contributed by atoms with Gasteiger partial charge in [0.15, 0.2) is 0 Å². The highest BCUT2D eigenvalue weighted by Crippen LogP contribution is 2.38. The van der Waals surface area contributed by atoms with Crippen LogP contribution in [0.1, 0.15) is 75.0 Å². The van der Waals surface area contributed by atoms with Crippen molar-refractivity contribution in [2.75, 3.05) is 0 Å². The Bertz CT molecular complexity index is 1240. The first kappa shape index (κ1) is 35.7. The molecule has 0 aromatic heterocycles. The maximum atomic E-state index is 12.4. The number of benzene rings is 2. The number of ether oxygens (including phenoxy) is 1. The minimum Gasteiger partial charge on any atom is -0.459 e. The molecule has 0 bridgehead atoms. The highest BCUT2D eigenvalue weighted by molar-refractivity contribution is 5.84. The number of unbranched alkanes of at least 4 members (excludes halogenated alkanes) is 1. The molecular weight excluding hydrogens is 580 g/mol. The zero-order chi connectivity index (χ0) is 32.6. The van der Waals surface area contributed by atoms with E-state index in [2.05, 4.69) is 10.2 Å². The molecule has 0 spiro atoms. The van der Waals surface area contributed by atoms with E-state index in [0.29, 0.717) is 56.1 Å². The molecule has 1 aliphatic rings. The van der Waals surface area contributed by atoms with Crippen LogP contribution < -0.4 is 5.32 Å². The third-order valence-electron chi connectivity index (χ3n) is 8.36. The zero-order valence-electron chi connectivity index (χ0n) is 25.8. The van der Waals surface area contributed by atoms with Gasteiger partial charge in [0, 0.05) is 6.42 Å². The van der Waals surface area contributed by atoms with Crippen LogP contribution in [0.2, 0.25) is 0 Å². The van der Waals surface area contributed by atoms with Crippen LogP contribution in [0.3, 0.4) is 0 Å². The van der Waals surface area contributed by atoms with Crippen LogP contribution in [0.15, 0.2) is 66.7 Å². The number of aliphatic hydroxyl groups is 3. The molecule has 1 aliphatic carbocycles. The number of amides is 1. The molecule has 0 radical (unpaired) electrons. The largest absolute Gasteiger partial charge is 0.459 e. The Morgan fingerprint density at radius 3 is 2.38 bits per heavy atom. The van der Waals surface area contributed by atoms with Gasteiger partial charge in [-0.2, -0.15) is 0 Å². The number of nitrogens with zero attached hydrogens (tertiary/aromatic N) is 1. The zero-order valence-corrected chi connectivity index (χ0v) is 25.8. The summed E-state index contributed by atoms with van der Waals surface area (Å²) in [5.41, 5.74) is 2.28. The van der Waals surface area contributed by atoms with E-state index in [0.717, 1.165) is 6.42 Å². The number of aryl methyl sites for hydroxylation is 1. The molecular formula is C34H46N2O9. The number of aliphatic hydroxyl groups excluding tert-OH is 3. The number of esters is 1. The van der Waals surface area contributed by atoms with Gasteiger partial charge in [0.05, 0.1) is 18.3 Å². The van der Waals surface area contributed by atoms with Gasteiger partial charge in [-0.25, -0.2) is 4.79 Å². The van der Waals surface area contributed by atoms with Gasteiger partial charge in [0.2, 0.25) is 5.91 Å². The first-order valence-electron chi connectivity index (χ1n) is 15.7. The monoisotopic (exact) mass is 626 g/mol. The van der Waals surface area contributed by atoms with Crippen LogP contribution in [0.25, 0.3) is 0 Å². The normalized spacial score (nSPS) is 20.9. The van der Waals surface area contributed by atoms with Crippen LogP contribution in [0.5, 0.6) is 0 Å². The fourth-order valence-corrected chi connectivity index (χ4v) is 5.77. The summed E-state index contributed by atoms with van der Waals surface area (Å²) >= 11 is 0. The number of rotatable bonds is 19. The Balaban J connectivity index is 1.32. The molecule has 0 aliphatic heterocycles. The lowest BCUT2D eigenvalue weighted by molar-refractivity contribution is -0.763. The summed E-state index contributed by atoms with van der Waals surface area (Å²) in [5.74, 6) is -1.07. The van der Waals surface area contributed by atoms with Crippen molar-refractivity contribution in [2.45, 2.75) is 102 Å². The molecule has 11 nitrogen and oxygen atoms in total. The van der Waals surface area contributed by atoms with Gasteiger partial charge in [-0.05, 0) is 86.8 Å².